The SMILES string of the molecule is CNC(=O)[C@H](Cc1ccccc1)N(Cc1ccc(C)cc1)C(=O)CN(c1cc(Cl)ccc1OC)S(=O)(=O)c1ccccc1. The molecule has 0 aliphatic heterocycles. The molecule has 4 rings (SSSR count). The molecule has 0 saturated carbocycles. The number of benzene rings is 4. The summed E-state index contributed by atoms with van der Waals surface area (Å²) in [6.45, 7) is 1.43. The highest BCUT2D eigenvalue weighted by Gasteiger charge is 2.35. The number of sulfonamides is 1. The van der Waals surface area contributed by atoms with E-state index in [1.807, 2.05) is 61.5 Å². The summed E-state index contributed by atoms with van der Waals surface area (Å²) in [7, 11) is -1.35. The first-order valence-electron chi connectivity index (χ1n) is 13.7. The fourth-order valence-corrected chi connectivity index (χ4v) is 6.31. The van der Waals surface area contributed by atoms with E-state index in [9.17, 15) is 18.0 Å². The second-order valence-electron chi connectivity index (χ2n) is 9.97. The Kier molecular flexibility index (Phi) is 10.4. The molecule has 4 aromatic rings. The first kappa shape index (κ1) is 31.6. The van der Waals surface area contributed by atoms with Crippen LogP contribution in [-0.2, 0) is 32.6 Å². The summed E-state index contributed by atoms with van der Waals surface area (Å²) in [5, 5.41) is 2.94. The molecule has 0 aromatic heterocycles. The molecule has 1 N–H and O–H groups in total. The number of likely N-dealkylation sites (N-methyl/N-ethyl adjacent to an activating group) is 1. The van der Waals surface area contributed by atoms with Crippen LogP contribution in [0.15, 0.2) is 108 Å². The zero-order chi connectivity index (χ0) is 31.0. The van der Waals surface area contributed by atoms with Gasteiger partial charge in [-0.3, -0.25) is 13.9 Å². The van der Waals surface area contributed by atoms with E-state index in [0.717, 1.165) is 21.0 Å². The van der Waals surface area contributed by atoms with Crippen molar-refractivity contribution in [1.82, 2.24) is 10.2 Å². The first-order valence-corrected chi connectivity index (χ1v) is 15.5. The molecule has 0 aliphatic rings. The summed E-state index contributed by atoms with van der Waals surface area (Å²) in [5.41, 5.74) is 2.78. The number of hydrogen-bond acceptors (Lipinski definition) is 5. The predicted molar refractivity (Wildman–Crippen MR) is 169 cm³/mol. The van der Waals surface area contributed by atoms with E-state index in [4.69, 9.17) is 16.3 Å². The van der Waals surface area contributed by atoms with E-state index in [0.29, 0.717) is 0 Å². The minimum absolute atomic E-state index is 0.0120. The quantitative estimate of drug-likeness (QED) is 0.234. The van der Waals surface area contributed by atoms with E-state index >= 15 is 0 Å². The minimum Gasteiger partial charge on any atom is -0.495 e. The number of carbonyl (C=O) groups is 2. The van der Waals surface area contributed by atoms with Crippen molar-refractivity contribution in [3.8, 4) is 5.75 Å². The third kappa shape index (κ3) is 7.74. The number of hydrogen-bond donors (Lipinski definition) is 1. The molecule has 0 radical (unpaired) electrons. The maximum Gasteiger partial charge on any atom is 0.264 e. The lowest BCUT2D eigenvalue weighted by Gasteiger charge is -2.34. The highest BCUT2D eigenvalue weighted by molar-refractivity contribution is 7.92. The van der Waals surface area contributed by atoms with Crippen LogP contribution in [0.3, 0.4) is 0 Å². The van der Waals surface area contributed by atoms with Gasteiger partial charge in [-0.2, -0.15) is 0 Å². The van der Waals surface area contributed by atoms with Crippen LogP contribution in [0, 0.1) is 6.92 Å². The summed E-state index contributed by atoms with van der Waals surface area (Å²) < 4.78 is 34.7. The summed E-state index contributed by atoms with van der Waals surface area (Å²) in [5.74, 6) is -0.734. The van der Waals surface area contributed by atoms with Gasteiger partial charge in [0, 0.05) is 25.0 Å². The molecule has 224 valence electrons. The van der Waals surface area contributed by atoms with Gasteiger partial charge in [-0.1, -0.05) is 90.0 Å². The fourth-order valence-electron chi connectivity index (χ4n) is 4.70. The van der Waals surface area contributed by atoms with Crippen LogP contribution < -0.4 is 14.4 Å². The summed E-state index contributed by atoms with van der Waals surface area (Å²) in [6.07, 6.45) is 0.226. The number of anilines is 1. The predicted octanol–water partition coefficient (Wildman–Crippen LogP) is 5.24. The average Bonchev–Trinajstić information content (AvgIpc) is 3.02. The Hall–Kier alpha value is -4.34. The molecule has 0 bridgehead atoms. The Bertz CT molecular complexity index is 1650. The maximum atomic E-state index is 14.4. The number of nitrogens with zero attached hydrogens (tertiary/aromatic N) is 2. The zero-order valence-electron chi connectivity index (χ0n) is 24.2. The number of halogens is 1. The molecule has 8 nitrogen and oxygen atoms in total. The van der Waals surface area contributed by atoms with E-state index in [2.05, 4.69) is 5.32 Å². The number of carbonyl (C=O) groups excluding carboxylic acids is 2. The second kappa shape index (κ2) is 14.2. The van der Waals surface area contributed by atoms with E-state index in [1.165, 1.54) is 37.3 Å². The van der Waals surface area contributed by atoms with Crippen LogP contribution in [0.1, 0.15) is 16.7 Å². The molecule has 10 heteroatoms. The number of methoxy groups -OCH3 is 1. The highest BCUT2D eigenvalue weighted by Crippen LogP contribution is 2.35. The molecule has 1 atom stereocenters. The molecule has 0 saturated heterocycles. The summed E-state index contributed by atoms with van der Waals surface area (Å²) >= 11 is 6.31. The molecular formula is C33H34ClN3O5S. The third-order valence-corrected chi connectivity index (χ3v) is 9.02. The van der Waals surface area contributed by atoms with Crippen molar-refractivity contribution in [1.29, 1.82) is 0 Å². The highest BCUT2D eigenvalue weighted by atomic mass is 35.5. The standard InChI is InChI=1S/C33H34ClN3O5S/c1-24-14-16-26(17-15-24)22-36(30(33(39)35-2)20-25-10-6-4-7-11-25)32(38)23-37(29-21-27(34)18-19-31(29)42-3)43(40,41)28-12-8-5-9-13-28/h4-19,21,30H,20,22-23H2,1-3H3,(H,35,39)/t30-/m0/s1. The van der Waals surface area contributed by atoms with Crippen molar-refractivity contribution in [3.63, 3.8) is 0 Å². The van der Waals surface area contributed by atoms with Crippen LogP contribution in [0.5, 0.6) is 5.75 Å². The Morgan fingerprint density at radius 2 is 1.51 bits per heavy atom. The fraction of sp³-hybridized carbons (Fsp3) is 0.212. The molecule has 0 fully saturated rings. The van der Waals surface area contributed by atoms with Gasteiger partial charge in [0.25, 0.3) is 10.0 Å². The van der Waals surface area contributed by atoms with Gasteiger partial charge in [-0.25, -0.2) is 8.42 Å². The molecule has 0 unspecified atom stereocenters. The van der Waals surface area contributed by atoms with Crippen molar-refractivity contribution in [3.05, 3.63) is 125 Å². The number of aryl methyl sites for hydroxylation is 1. The van der Waals surface area contributed by atoms with Crippen molar-refractivity contribution in [2.75, 3.05) is 25.0 Å². The van der Waals surface area contributed by atoms with E-state index in [1.54, 1.807) is 30.3 Å². The first-order chi connectivity index (χ1) is 20.6. The van der Waals surface area contributed by atoms with Gasteiger partial charge in [0.15, 0.2) is 0 Å². The molecule has 2 amide bonds. The number of ether oxygens (including phenoxy) is 1. The number of amides is 2. The molecule has 0 heterocycles. The second-order valence-corrected chi connectivity index (χ2v) is 12.3. The van der Waals surface area contributed by atoms with Crippen molar-refractivity contribution < 1.29 is 22.7 Å². The summed E-state index contributed by atoms with van der Waals surface area (Å²) in [4.78, 5) is 29.1. The topological polar surface area (TPSA) is 96.0 Å². The van der Waals surface area contributed by atoms with E-state index < -0.39 is 28.5 Å². The van der Waals surface area contributed by atoms with E-state index in [-0.39, 0.29) is 40.2 Å². The smallest absolute Gasteiger partial charge is 0.264 e. The van der Waals surface area contributed by atoms with Crippen molar-refractivity contribution >= 4 is 39.1 Å². The van der Waals surface area contributed by atoms with Crippen LogP contribution in [-0.4, -0.2) is 51.9 Å². The Morgan fingerprint density at radius 1 is 0.884 bits per heavy atom. The molecular weight excluding hydrogens is 586 g/mol. The molecule has 4 aromatic carbocycles. The van der Waals surface area contributed by atoms with Gasteiger partial charge < -0.3 is 15.0 Å². The largest absolute Gasteiger partial charge is 0.495 e. The lowest BCUT2D eigenvalue weighted by Crippen LogP contribution is -2.53. The molecule has 0 spiro atoms. The maximum absolute atomic E-state index is 14.4. The lowest BCUT2D eigenvalue weighted by atomic mass is 10.0. The Balaban J connectivity index is 1.82. The Morgan fingerprint density at radius 3 is 2.12 bits per heavy atom. The Labute approximate surface area is 257 Å². The van der Waals surface area contributed by atoms with Crippen LogP contribution in [0.2, 0.25) is 5.02 Å². The average molecular weight is 620 g/mol. The van der Waals surface area contributed by atoms with Gasteiger partial charge in [-0.05, 0) is 48.4 Å². The van der Waals surface area contributed by atoms with Gasteiger partial charge in [0.2, 0.25) is 11.8 Å². The monoisotopic (exact) mass is 619 g/mol. The van der Waals surface area contributed by atoms with Gasteiger partial charge >= 0.3 is 0 Å². The minimum atomic E-state index is -4.27. The van der Waals surface area contributed by atoms with Crippen LogP contribution >= 0.6 is 11.6 Å². The lowest BCUT2D eigenvalue weighted by molar-refractivity contribution is -0.139. The zero-order valence-corrected chi connectivity index (χ0v) is 25.8. The normalized spacial score (nSPS) is 11.8. The number of rotatable bonds is 12. The summed E-state index contributed by atoms with van der Waals surface area (Å²) in [6, 6.07) is 28.4. The van der Waals surface area contributed by atoms with Crippen LogP contribution in [0.25, 0.3) is 0 Å². The van der Waals surface area contributed by atoms with Gasteiger partial charge in [-0.15, -0.1) is 0 Å². The number of nitrogens with one attached hydrogen (secondary N) is 1. The molecule has 43 heavy (non-hydrogen) atoms. The third-order valence-electron chi connectivity index (χ3n) is 7.01. The van der Waals surface area contributed by atoms with Gasteiger partial charge in [0.1, 0.15) is 18.3 Å². The van der Waals surface area contributed by atoms with Gasteiger partial charge in [0.05, 0.1) is 17.7 Å². The van der Waals surface area contributed by atoms with Crippen molar-refractivity contribution in [2.45, 2.75) is 30.8 Å². The van der Waals surface area contributed by atoms with Crippen LogP contribution in [0.4, 0.5) is 5.69 Å². The van der Waals surface area contributed by atoms with Crippen molar-refractivity contribution in [2.24, 2.45) is 0 Å². The molecule has 0 aliphatic carbocycles.